The summed E-state index contributed by atoms with van der Waals surface area (Å²) in [6, 6.07) is -0.156. The number of hydrogen-bond donors (Lipinski definition) is 1. The van der Waals surface area contributed by atoms with Gasteiger partial charge in [-0.15, -0.1) is 0 Å². The smallest absolute Gasteiger partial charge is 0.407 e. The highest BCUT2D eigenvalue weighted by Gasteiger charge is 2.28. The van der Waals surface area contributed by atoms with E-state index in [1.54, 1.807) is 5.06 Å². The standard InChI is InChI=1S/C14H26N2O5/c1-10(15-13(18)21-14(2,3)4)8-16-9-11(6-7-20-16)12(17)19-5/h10-11H,6-9H2,1-5H3,(H,15,18). The number of amides is 1. The van der Waals surface area contributed by atoms with E-state index in [9.17, 15) is 9.59 Å². The first-order valence-electron chi connectivity index (χ1n) is 7.16. The highest BCUT2D eigenvalue weighted by molar-refractivity contribution is 5.72. The fraction of sp³-hybridized carbons (Fsp3) is 0.857. The summed E-state index contributed by atoms with van der Waals surface area (Å²) in [4.78, 5) is 28.7. The molecule has 1 heterocycles. The first-order valence-corrected chi connectivity index (χ1v) is 7.16. The molecule has 1 rings (SSSR count). The number of carbonyl (C=O) groups is 2. The molecule has 1 amide bonds. The number of alkyl carbamates (subject to hydrolysis) is 1. The summed E-state index contributed by atoms with van der Waals surface area (Å²) < 4.78 is 9.94. The van der Waals surface area contributed by atoms with Gasteiger partial charge in [-0.2, -0.15) is 5.06 Å². The van der Waals surface area contributed by atoms with E-state index >= 15 is 0 Å². The Morgan fingerprint density at radius 2 is 2.10 bits per heavy atom. The maximum atomic E-state index is 11.7. The molecule has 1 aliphatic rings. The average molecular weight is 302 g/mol. The van der Waals surface area contributed by atoms with Crippen molar-refractivity contribution in [3.63, 3.8) is 0 Å². The number of carbonyl (C=O) groups excluding carboxylic acids is 2. The second-order valence-electron chi connectivity index (χ2n) is 6.24. The minimum Gasteiger partial charge on any atom is -0.469 e. The molecule has 0 spiro atoms. The van der Waals surface area contributed by atoms with Crippen LogP contribution < -0.4 is 5.32 Å². The van der Waals surface area contributed by atoms with Crippen molar-refractivity contribution >= 4 is 12.1 Å². The molecule has 0 aromatic rings. The molecule has 0 radical (unpaired) electrons. The molecular weight excluding hydrogens is 276 g/mol. The fourth-order valence-corrected chi connectivity index (χ4v) is 2.06. The Bertz CT molecular complexity index is 367. The van der Waals surface area contributed by atoms with Gasteiger partial charge in [0, 0.05) is 19.1 Å². The van der Waals surface area contributed by atoms with Gasteiger partial charge in [0.25, 0.3) is 0 Å². The van der Waals surface area contributed by atoms with Crippen LogP contribution >= 0.6 is 0 Å². The van der Waals surface area contributed by atoms with Crippen LogP contribution in [0.2, 0.25) is 0 Å². The van der Waals surface area contributed by atoms with Gasteiger partial charge in [0.1, 0.15) is 5.60 Å². The maximum Gasteiger partial charge on any atom is 0.407 e. The van der Waals surface area contributed by atoms with Gasteiger partial charge in [-0.05, 0) is 34.1 Å². The van der Waals surface area contributed by atoms with Crippen molar-refractivity contribution in [2.24, 2.45) is 5.92 Å². The quantitative estimate of drug-likeness (QED) is 0.789. The molecule has 0 aromatic carbocycles. The molecule has 0 aliphatic carbocycles. The summed E-state index contributed by atoms with van der Waals surface area (Å²) >= 11 is 0. The molecule has 2 atom stereocenters. The first kappa shape index (κ1) is 17.7. The third-order valence-corrected chi connectivity index (χ3v) is 2.94. The number of ether oxygens (including phenoxy) is 2. The van der Waals surface area contributed by atoms with Crippen molar-refractivity contribution in [2.45, 2.75) is 45.8 Å². The van der Waals surface area contributed by atoms with Crippen LogP contribution in [0.4, 0.5) is 4.79 Å². The summed E-state index contributed by atoms with van der Waals surface area (Å²) in [6.45, 7) is 8.71. The van der Waals surface area contributed by atoms with Gasteiger partial charge in [-0.3, -0.25) is 9.63 Å². The van der Waals surface area contributed by atoms with Crippen LogP contribution in [0, 0.1) is 5.92 Å². The van der Waals surface area contributed by atoms with Crippen molar-refractivity contribution in [1.82, 2.24) is 10.4 Å². The van der Waals surface area contributed by atoms with Gasteiger partial charge < -0.3 is 14.8 Å². The zero-order valence-electron chi connectivity index (χ0n) is 13.5. The summed E-state index contributed by atoms with van der Waals surface area (Å²) in [7, 11) is 1.38. The third kappa shape index (κ3) is 6.77. The molecule has 1 fully saturated rings. The second kappa shape index (κ2) is 7.61. The molecule has 21 heavy (non-hydrogen) atoms. The van der Waals surface area contributed by atoms with E-state index in [1.165, 1.54) is 7.11 Å². The molecule has 1 aliphatic heterocycles. The highest BCUT2D eigenvalue weighted by Crippen LogP contribution is 2.15. The summed E-state index contributed by atoms with van der Waals surface area (Å²) in [5.74, 6) is -0.409. The van der Waals surface area contributed by atoms with Crippen LogP contribution in [-0.2, 0) is 19.1 Å². The van der Waals surface area contributed by atoms with Gasteiger partial charge in [-0.1, -0.05) is 0 Å². The third-order valence-electron chi connectivity index (χ3n) is 2.94. The van der Waals surface area contributed by atoms with Crippen molar-refractivity contribution in [3.8, 4) is 0 Å². The van der Waals surface area contributed by atoms with Crippen LogP contribution in [0.5, 0.6) is 0 Å². The fourth-order valence-electron chi connectivity index (χ4n) is 2.06. The van der Waals surface area contributed by atoms with E-state index in [0.717, 1.165) is 0 Å². The normalized spacial score (nSPS) is 21.5. The Balaban J connectivity index is 2.38. The van der Waals surface area contributed by atoms with E-state index in [1.807, 2.05) is 27.7 Å². The SMILES string of the molecule is COC(=O)C1CCON(CC(C)NC(=O)OC(C)(C)C)C1. The van der Waals surface area contributed by atoms with Crippen molar-refractivity contribution in [2.75, 3.05) is 26.8 Å². The van der Waals surface area contributed by atoms with Crippen molar-refractivity contribution < 1.29 is 23.9 Å². The van der Waals surface area contributed by atoms with Crippen LogP contribution in [0.25, 0.3) is 0 Å². The maximum absolute atomic E-state index is 11.7. The van der Waals surface area contributed by atoms with Gasteiger partial charge in [0.2, 0.25) is 0 Å². The van der Waals surface area contributed by atoms with Gasteiger partial charge >= 0.3 is 12.1 Å². The Morgan fingerprint density at radius 1 is 1.43 bits per heavy atom. The number of esters is 1. The number of rotatable bonds is 4. The Hall–Kier alpha value is -1.34. The monoisotopic (exact) mass is 302 g/mol. The van der Waals surface area contributed by atoms with Crippen LogP contribution in [0.3, 0.4) is 0 Å². The van der Waals surface area contributed by atoms with E-state index in [4.69, 9.17) is 14.3 Å². The molecule has 1 saturated heterocycles. The molecule has 122 valence electrons. The highest BCUT2D eigenvalue weighted by atomic mass is 16.7. The van der Waals surface area contributed by atoms with Crippen molar-refractivity contribution in [1.29, 1.82) is 0 Å². The molecule has 7 nitrogen and oxygen atoms in total. The number of hydrogen-bond acceptors (Lipinski definition) is 6. The summed E-state index contributed by atoms with van der Waals surface area (Å²) in [6.07, 6.45) is 0.188. The Labute approximate surface area is 125 Å². The van der Waals surface area contributed by atoms with Crippen molar-refractivity contribution in [3.05, 3.63) is 0 Å². The molecular formula is C14H26N2O5. The number of methoxy groups -OCH3 is 1. The van der Waals surface area contributed by atoms with E-state index in [0.29, 0.717) is 26.1 Å². The minimum absolute atomic E-state index is 0.156. The summed E-state index contributed by atoms with van der Waals surface area (Å²) in [5, 5.41) is 4.43. The van der Waals surface area contributed by atoms with Gasteiger partial charge in [-0.25, -0.2) is 4.79 Å². The lowest BCUT2D eigenvalue weighted by Gasteiger charge is -2.32. The lowest BCUT2D eigenvalue weighted by molar-refractivity contribution is -0.204. The predicted octanol–water partition coefficient (Wildman–Crippen LogP) is 1.33. The molecule has 2 unspecified atom stereocenters. The van der Waals surface area contributed by atoms with Crippen LogP contribution in [0.1, 0.15) is 34.1 Å². The molecule has 0 bridgehead atoms. The largest absolute Gasteiger partial charge is 0.469 e. The number of nitrogens with zero attached hydrogens (tertiary/aromatic N) is 1. The number of hydroxylamine groups is 2. The Morgan fingerprint density at radius 3 is 2.67 bits per heavy atom. The Kier molecular flexibility index (Phi) is 6.42. The lowest BCUT2D eigenvalue weighted by Crippen LogP contribution is -2.47. The van der Waals surface area contributed by atoms with Gasteiger partial charge in [0.05, 0.1) is 19.6 Å². The lowest BCUT2D eigenvalue weighted by atomic mass is 10.1. The topological polar surface area (TPSA) is 77.1 Å². The van der Waals surface area contributed by atoms with E-state index in [-0.39, 0.29) is 17.9 Å². The summed E-state index contributed by atoms with van der Waals surface area (Å²) in [5.41, 5.74) is -0.526. The molecule has 0 saturated carbocycles. The molecule has 7 heteroatoms. The second-order valence-corrected chi connectivity index (χ2v) is 6.24. The minimum atomic E-state index is -0.526. The first-order chi connectivity index (χ1) is 9.71. The predicted molar refractivity (Wildman–Crippen MR) is 76.5 cm³/mol. The van der Waals surface area contributed by atoms with Crippen LogP contribution in [-0.4, -0.2) is 55.6 Å². The zero-order chi connectivity index (χ0) is 16.0. The molecule has 1 N–H and O–H groups in total. The average Bonchev–Trinajstić information content (AvgIpc) is 2.35. The zero-order valence-corrected chi connectivity index (χ0v) is 13.5. The van der Waals surface area contributed by atoms with Crippen LogP contribution in [0.15, 0.2) is 0 Å². The van der Waals surface area contributed by atoms with E-state index < -0.39 is 11.7 Å². The molecule has 0 aromatic heterocycles. The number of nitrogens with one attached hydrogen (secondary N) is 1. The van der Waals surface area contributed by atoms with E-state index in [2.05, 4.69) is 5.32 Å². The van der Waals surface area contributed by atoms with Gasteiger partial charge in [0.15, 0.2) is 0 Å².